The first kappa shape index (κ1) is 15.4. The summed E-state index contributed by atoms with van der Waals surface area (Å²) in [5, 5.41) is 0. The SMILES string of the molecule is CCN(CC)C(C)(C)C(NN)C1CCc2cccnc21. The molecule has 1 aromatic heterocycles. The molecule has 0 aromatic carbocycles. The van der Waals surface area contributed by atoms with E-state index in [2.05, 4.69) is 49.1 Å². The molecule has 20 heavy (non-hydrogen) atoms. The summed E-state index contributed by atoms with van der Waals surface area (Å²) < 4.78 is 0. The number of rotatable bonds is 6. The standard InChI is InChI=1S/C16H28N4/c1-5-20(6-2)16(3,4)15(19-17)13-10-9-12-8-7-11-18-14(12)13/h7-8,11,13,15,19H,5-6,9-10,17H2,1-4H3. The Balaban J connectivity index is 2.30. The van der Waals surface area contributed by atoms with E-state index < -0.39 is 0 Å². The van der Waals surface area contributed by atoms with Crippen LogP contribution in [0.15, 0.2) is 18.3 Å². The van der Waals surface area contributed by atoms with Gasteiger partial charge in [-0.3, -0.25) is 21.2 Å². The van der Waals surface area contributed by atoms with Crippen molar-refractivity contribution in [2.24, 2.45) is 5.84 Å². The maximum Gasteiger partial charge on any atom is 0.0483 e. The minimum Gasteiger partial charge on any atom is -0.297 e. The lowest BCUT2D eigenvalue weighted by Gasteiger charge is -2.45. The van der Waals surface area contributed by atoms with Crippen molar-refractivity contribution in [3.63, 3.8) is 0 Å². The van der Waals surface area contributed by atoms with Crippen LogP contribution in [0.3, 0.4) is 0 Å². The van der Waals surface area contributed by atoms with Gasteiger partial charge >= 0.3 is 0 Å². The normalized spacial score (nSPS) is 20.2. The summed E-state index contributed by atoms with van der Waals surface area (Å²) in [5.74, 6) is 6.33. The molecular weight excluding hydrogens is 248 g/mol. The average molecular weight is 276 g/mol. The molecular formula is C16H28N4. The Morgan fingerprint density at radius 3 is 2.75 bits per heavy atom. The van der Waals surface area contributed by atoms with E-state index in [1.54, 1.807) is 0 Å². The van der Waals surface area contributed by atoms with Gasteiger partial charge in [0.2, 0.25) is 0 Å². The lowest BCUT2D eigenvalue weighted by molar-refractivity contribution is 0.0787. The largest absolute Gasteiger partial charge is 0.297 e. The van der Waals surface area contributed by atoms with Gasteiger partial charge in [0.25, 0.3) is 0 Å². The highest BCUT2D eigenvalue weighted by atomic mass is 15.3. The van der Waals surface area contributed by atoms with Crippen LogP contribution < -0.4 is 11.3 Å². The van der Waals surface area contributed by atoms with Crippen molar-refractivity contribution in [3.05, 3.63) is 29.6 Å². The zero-order valence-electron chi connectivity index (χ0n) is 13.2. The number of likely N-dealkylation sites (N-methyl/N-ethyl adjacent to an activating group) is 1. The summed E-state index contributed by atoms with van der Waals surface area (Å²) in [4.78, 5) is 7.09. The van der Waals surface area contributed by atoms with Crippen molar-refractivity contribution >= 4 is 0 Å². The van der Waals surface area contributed by atoms with Gasteiger partial charge in [-0.1, -0.05) is 19.9 Å². The summed E-state index contributed by atoms with van der Waals surface area (Å²) in [6.07, 6.45) is 4.14. The number of hydrogen-bond acceptors (Lipinski definition) is 4. The van der Waals surface area contributed by atoms with Crippen molar-refractivity contribution < 1.29 is 0 Å². The molecule has 0 saturated heterocycles. The molecule has 1 aromatic rings. The molecule has 0 aliphatic heterocycles. The van der Waals surface area contributed by atoms with Crippen molar-refractivity contribution in [3.8, 4) is 0 Å². The fourth-order valence-corrected chi connectivity index (χ4v) is 3.82. The van der Waals surface area contributed by atoms with Crippen LogP contribution in [0.5, 0.6) is 0 Å². The first-order chi connectivity index (χ1) is 9.56. The van der Waals surface area contributed by atoms with Gasteiger partial charge in [0, 0.05) is 29.4 Å². The molecule has 112 valence electrons. The Morgan fingerprint density at radius 1 is 1.45 bits per heavy atom. The van der Waals surface area contributed by atoms with E-state index in [0.717, 1.165) is 25.9 Å². The molecule has 2 atom stereocenters. The van der Waals surface area contributed by atoms with Gasteiger partial charge in [0.15, 0.2) is 0 Å². The van der Waals surface area contributed by atoms with Crippen LogP contribution in [0.1, 0.15) is 51.3 Å². The van der Waals surface area contributed by atoms with Crippen LogP contribution in [0.2, 0.25) is 0 Å². The molecule has 2 rings (SSSR count). The molecule has 0 bridgehead atoms. The Bertz CT molecular complexity index is 440. The number of nitrogens with one attached hydrogen (secondary N) is 1. The summed E-state index contributed by atoms with van der Waals surface area (Å²) >= 11 is 0. The van der Waals surface area contributed by atoms with Crippen molar-refractivity contribution in [2.75, 3.05) is 13.1 Å². The highest BCUT2D eigenvalue weighted by Gasteiger charge is 2.41. The summed E-state index contributed by atoms with van der Waals surface area (Å²) in [7, 11) is 0. The number of pyridine rings is 1. The lowest BCUT2D eigenvalue weighted by Crippen LogP contribution is -2.61. The molecule has 0 amide bonds. The van der Waals surface area contributed by atoms with Gasteiger partial charge in [0.1, 0.15) is 0 Å². The van der Waals surface area contributed by atoms with Crippen molar-refractivity contribution in [1.29, 1.82) is 0 Å². The molecule has 0 fully saturated rings. The third kappa shape index (κ3) is 2.60. The second kappa shape index (κ2) is 6.20. The number of aryl methyl sites for hydroxylation is 1. The van der Waals surface area contributed by atoms with E-state index >= 15 is 0 Å². The zero-order chi connectivity index (χ0) is 14.8. The van der Waals surface area contributed by atoms with E-state index in [1.807, 2.05) is 12.3 Å². The van der Waals surface area contributed by atoms with Crippen LogP contribution >= 0.6 is 0 Å². The van der Waals surface area contributed by atoms with Gasteiger partial charge in [-0.25, -0.2) is 0 Å². The molecule has 4 heteroatoms. The molecule has 1 aliphatic carbocycles. The van der Waals surface area contributed by atoms with Crippen LogP contribution in [0.25, 0.3) is 0 Å². The van der Waals surface area contributed by atoms with Crippen LogP contribution in [0.4, 0.5) is 0 Å². The van der Waals surface area contributed by atoms with E-state index in [0.29, 0.717) is 5.92 Å². The summed E-state index contributed by atoms with van der Waals surface area (Å²) in [6.45, 7) is 11.0. The van der Waals surface area contributed by atoms with Crippen molar-refractivity contribution in [2.45, 2.75) is 58.0 Å². The summed E-state index contributed by atoms with van der Waals surface area (Å²) in [5.41, 5.74) is 5.71. The molecule has 3 N–H and O–H groups in total. The van der Waals surface area contributed by atoms with Crippen LogP contribution in [-0.2, 0) is 6.42 Å². The Hall–Kier alpha value is -0.970. The Labute approximate surface area is 122 Å². The van der Waals surface area contributed by atoms with E-state index in [1.165, 1.54) is 11.3 Å². The maximum atomic E-state index is 5.94. The minimum atomic E-state index is 0.00203. The minimum absolute atomic E-state index is 0.00203. The van der Waals surface area contributed by atoms with E-state index in [-0.39, 0.29) is 11.6 Å². The Morgan fingerprint density at radius 2 is 2.15 bits per heavy atom. The fourth-order valence-electron chi connectivity index (χ4n) is 3.82. The van der Waals surface area contributed by atoms with Gasteiger partial charge in [-0.05, 0) is 51.4 Å². The zero-order valence-corrected chi connectivity index (χ0v) is 13.2. The summed E-state index contributed by atoms with van der Waals surface area (Å²) in [6, 6.07) is 4.43. The average Bonchev–Trinajstić information content (AvgIpc) is 2.84. The first-order valence-electron chi connectivity index (χ1n) is 7.71. The quantitative estimate of drug-likeness (QED) is 0.617. The second-order valence-corrected chi connectivity index (χ2v) is 6.16. The molecule has 0 saturated carbocycles. The number of nitrogens with two attached hydrogens (primary N) is 1. The first-order valence-corrected chi connectivity index (χ1v) is 7.71. The molecule has 1 aliphatic rings. The lowest BCUT2D eigenvalue weighted by atomic mass is 9.81. The molecule has 0 spiro atoms. The fraction of sp³-hybridized carbons (Fsp3) is 0.688. The maximum absolute atomic E-state index is 5.94. The van der Waals surface area contributed by atoms with Crippen molar-refractivity contribution in [1.82, 2.24) is 15.3 Å². The van der Waals surface area contributed by atoms with Crippen LogP contribution in [0, 0.1) is 0 Å². The third-order valence-corrected chi connectivity index (χ3v) is 4.92. The second-order valence-electron chi connectivity index (χ2n) is 6.16. The number of hydrogen-bond donors (Lipinski definition) is 2. The number of nitrogens with zero attached hydrogens (tertiary/aromatic N) is 2. The topological polar surface area (TPSA) is 54.2 Å². The van der Waals surface area contributed by atoms with E-state index in [9.17, 15) is 0 Å². The van der Waals surface area contributed by atoms with Gasteiger partial charge in [0.05, 0.1) is 0 Å². The van der Waals surface area contributed by atoms with E-state index in [4.69, 9.17) is 5.84 Å². The molecule has 0 radical (unpaired) electrons. The smallest absolute Gasteiger partial charge is 0.0483 e. The number of fused-ring (bicyclic) bond motifs is 1. The highest BCUT2D eigenvalue weighted by molar-refractivity contribution is 5.31. The predicted octanol–water partition coefficient (Wildman–Crippen LogP) is 2.06. The highest BCUT2D eigenvalue weighted by Crippen LogP contribution is 2.38. The monoisotopic (exact) mass is 276 g/mol. The molecule has 2 unspecified atom stereocenters. The number of aromatic nitrogens is 1. The van der Waals surface area contributed by atoms with Gasteiger partial charge in [-0.15, -0.1) is 0 Å². The molecule has 4 nitrogen and oxygen atoms in total. The predicted molar refractivity (Wildman–Crippen MR) is 83.4 cm³/mol. The van der Waals surface area contributed by atoms with Gasteiger partial charge in [-0.2, -0.15) is 0 Å². The third-order valence-electron chi connectivity index (χ3n) is 4.92. The van der Waals surface area contributed by atoms with Crippen LogP contribution in [-0.4, -0.2) is 34.6 Å². The Kier molecular flexibility index (Phi) is 4.78. The molecule has 1 heterocycles. The number of hydrazine groups is 1. The van der Waals surface area contributed by atoms with Gasteiger partial charge < -0.3 is 0 Å².